The summed E-state index contributed by atoms with van der Waals surface area (Å²) in [5.41, 5.74) is 5.51. The topological polar surface area (TPSA) is 12.0 Å². The van der Waals surface area contributed by atoms with Crippen LogP contribution in [0.4, 0.5) is 0 Å². The van der Waals surface area contributed by atoms with Gasteiger partial charge in [0.05, 0.1) is 0 Å². The highest BCUT2D eigenvalue weighted by Gasteiger charge is 2.16. The van der Waals surface area contributed by atoms with Crippen molar-refractivity contribution in [2.24, 2.45) is 0 Å². The van der Waals surface area contributed by atoms with Gasteiger partial charge in [-0.25, -0.2) is 0 Å². The number of halogens is 1. The van der Waals surface area contributed by atoms with Gasteiger partial charge in [-0.1, -0.05) is 30.7 Å². The second kappa shape index (κ2) is 6.69. The fourth-order valence-electron chi connectivity index (χ4n) is 2.32. The van der Waals surface area contributed by atoms with Gasteiger partial charge >= 0.3 is 0 Å². The van der Waals surface area contributed by atoms with Gasteiger partial charge in [0.2, 0.25) is 0 Å². The fraction of sp³-hybridized carbons (Fsp3) is 0.375. The number of aryl methyl sites for hydroxylation is 2. The summed E-state index contributed by atoms with van der Waals surface area (Å²) in [5, 5.41) is 7.99. The van der Waals surface area contributed by atoms with E-state index in [1.165, 1.54) is 26.7 Å². The Balaban J connectivity index is 2.26. The van der Waals surface area contributed by atoms with E-state index in [1.54, 1.807) is 11.3 Å². The lowest BCUT2D eigenvalue weighted by molar-refractivity contribution is 0.548. The summed E-state index contributed by atoms with van der Waals surface area (Å²) in [6.45, 7) is 7.50. The molecular weight excluding hydrogens is 318 g/mol. The van der Waals surface area contributed by atoms with Gasteiger partial charge in [0, 0.05) is 15.9 Å². The third-order valence-corrected chi connectivity index (χ3v) is 5.15. The first-order valence-electron chi connectivity index (χ1n) is 6.63. The van der Waals surface area contributed by atoms with Crippen LogP contribution in [-0.4, -0.2) is 6.54 Å². The molecule has 2 aromatic rings. The lowest BCUT2D eigenvalue weighted by Crippen LogP contribution is -2.23. The van der Waals surface area contributed by atoms with E-state index in [0.29, 0.717) is 6.04 Å². The zero-order valence-electron chi connectivity index (χ0n) is 11.7. The molecule has 1 aromatic heterocycles. The summed E-state index contributed by atoms with van der Waals surface area (Å²) in [6, 6.07) is 7.09. The molecule has 1 atom stereocenters. The molecule has 0 saturated heterocycles. The Morgan fingerprint density at radius 2 is 2.05 bits per heavy atom. The molecular formula is C16H20BrNS. The molecule has 2 rings (SSSR count). The van der Waals surface area contributed by atoms with Gasteiger partial charge in [0.1, 0.15) is 0 Å². The second-order valence-corrected chi connectivity index (χ2v) is 6.52. The van der Waals surface area contributed by atoms with E-state index in [4.69, 9.17) is 0 Å². The third-order valence-electron chi connectivity index (χ3n) is 3.40. The zero-order chi connectivity index (χ0) is 13.8. The van der Waals surface area contributed by atoms with Crippen molar-refractivity contribution in [3.05, 3.63) is 55.7 Å². The number of nitrogens with one attached hydrogen (secondary N) is 1. The van der Waals surface area contributed by atoms with Crippen LogP contribution in [0.1, 0.15) is 35.2 Å². The number of likely N-dealkylation sites (N-methyl/N-ethyl adjacent to an activating group) is 1. The molecule has 0 saturated carbocycles. The standard InChI is InChI=1S/C16H20BrNS/c1-4-18-16(14-9-19-10-15(14)17)8-13-7-11(2)5-6-12(13)3/h5-7,9-10,16,18H,4,8H2,1-3H3. The first-order chi connectivity index (χ1) is 9.11. The van der Waals surface area contributed by atoms with Crippen molar-refractivity contribution >= 4 is 27.3 Å². The predicted octanol–water partition coefficient (Wildman–Crippen LogP) is 5.02. The molecule has 0 fully saturated rings. The molecule has 1 heterocycles. The van der Waals surface area contributed by atoms with Crippen LogP contribution < -0.4 is 5.32 Å². The first kappa shape index (κ1) is 14.8. The maximum absolute atomic E-state index is 3.65. The van der Waals surface area contributed by atoms with Crippen LogP contribution in [0.2, 0.25) is 0 Å². The van der Waals surface area contributed by atoms with Crippen molar-refractivity contribution in [1.29, 1.82) is 0 Å². The van der Waals surface area contributed by atoms with Crippen molar-refractivity contribution in [2.45, 2.75) is 33.2 Å². The molecule has 0 radical (unpaired) electrons. The molecule has 0 aliphatic rings. The minimum absolute atomic E-state index is 0.381. The Bertz CT molecular complexity index is 547. The third kappa shape index (κ3) is 3.68. The summed E-state index contributed by atoms with van der Waals surface area (Å²) in [7, 11) is 0. The van der Waals surface area contributed by atoms with E-state index >= 15 is 0 Å². The molecule has 1 unspecified atom stereocenters. The Kier molecular flexibility index (Phi) is 5.20. The van der Waals surface area contributed by atoms with E-state index in [1.807, 2.05) is 0 Å². The molecule has 102 valence electrons. The zero-order valence-corrected chi connectivity index (χ0v) is 14.1. The number of hydrogen-bond acceptors (Lipinski definition) is 2. The van der Waals surface area contributed by atoms with Crippen LogP contribution in [0.15, 0.2) is 33.4 Å². The summed E-state index contributed by atoms with van der Waals surface area (Å²) >= 11 is 5.41. The highest BCUT2D eigenvalue weighted by Crippen LogP contribution is 2.30. The van der Waals surface area contributed by atoms with E-state index in [9.17, 15) is 0 Å². The lowest BCUT2D eigenvalue weighted by atomic mass is 9.96. The highest BCUT2D eigenvalue weighted by atomic mass is 79.9. The van der Waals surface area contributed by atoms with Crippen LogP contribution in [0.3, 0.4) is 0 Å². The van der Waals surface area contributed by atoms with Gasteiger partial charge in [0.15, 0.2) is 0 Å². The SMILES string of the molecule is CCNC(Cc1cc(C)ccc1C)c1cscc1Br. The molecule has 1 N–H and O–H groups in total. The molecule has 19 heavy (non-hydrogen) atoms. The minimum Gasteiger partial charge on any atom is -0.310 e. The number of rotatable bonds is 5. The average Bonchev–Trinajstić information content (AvgIpc) is 2.79. The summed E-state index contributed by atoms with van der Waals surface area (Å²) in [5.74, 6) is 0. The minimum atomic E-state index is 0.381. The normalized spacial score (nSPS) is 12.6. The summed E-state index contributed by atoms with van der Waals surface area (Å²) in [4.78, 5) is 0. The van der Waals surface area contributed by atoms with Crippen molar-refractivity contribution < 1.29 is 0 Å². The fourth-order valence-corrected chi connectivity index (χ4v) is 3.95. The van der Waals surface area contributed by atoms with Gasteiger partial charge in [0.25, 0.3) is 0 Å². The summed E-state index contributed by atoms with van der Waals surface area (Å²) in [6.07, 6.45) is 1.04. The van der Waals surface area contributed by atoms with Gasteiger partial charge in [-0.3, -0.25) is 0 Å². The monoisotopic (exact) mass is 337 g/mol. The van der Waals surface area contributed by atoms with Crippen LogP contribution in [0.25, 0.3) is 0 Å². The molecule has 0 aliphatic heterocycles. The molecule has 0 spiro atoms. The van der Waals surface area contributed by atoms with Gasteiger partial charge < -0.3 is 5.32 Å². The maximum Gasteiger partial charge on any atom is 0.0380 e. The van der Waals surface area contributed by atoms with Crippen molar-refractivity contribution in [1.82, 2.24) is 5.32 Å². The Morgan fingerprint density at radius 1 is 1.26 bits per heavy atom. The molecule has 1 nitrogen and oxygen atoms in total. The van der Waals surface area contributed by atoms with E-state index in [0.717, 1.165) is 13.0 Å². The first-order valence-corrected chi connectivity index (χ1v) is 8.36. The van der Waals surface area contributed by atoms with Crippen molar-refractivity contribution in [3.63, 3.8) is 0 Å². The van der Waals surface area contributed by atoms with Crippen molar-refractivity contribution in [2.75, 3.05) is 6.54 Å². The van der Waals surface area contributed by atoms with Crippen LogP contribution in [-0.2, 0) is 6.42 Å². The smallest absolute Gasteiger partial charge is 0.0380 e. The van der Waals surface area contributed by atoms with Crippen LogP contribution in [0, 0.1) is 13.8 Å². The number of benzene rings is 1. The largest absolute Gasteiger partial charge is 0.310 e. The Hall–Kier alpha value is -0.640. The highest BCUT2D eigenvalue weighted by molar-refractivity contribution is 9.10. The number of thiophene rings is 1. The van der Waals surface area contributed by atoms with E-state index < -0.39 is 0 Å². The molecule has 1 aromatic carbocycles. The van der Waals surface area contributed by atoms with Gasteiger partial charge in [-0.15, -0.1) is 0 Å². The van der Waals surface area contributed by atoms with Gasteiger partial charge in [-0.05, 0) is 64.8 Å². The van der Waals surface area contributed by atoms with E-state index in [2.05, 4.69) is 71.0 Å². The van der Waals surface area contributed by atoms with Gasteiger partial charge in [-0.2, -0.15) is 11.3 Å². The van der Waals surface area contributed by atoms with Crippen LogP contribution >= 0.6 is 27.3 Å². The average molecular weight is 338 g/mol. The predicted molar refractivity (Wildman–Crippen MR) is 88.1 cm³/mol. The lowest BCUT2D eigenvalue weighted by Gasteiger charge is -2.19. The second-order valence-electron chi connectivity index (χ2n) is 4.92. The summed E-state index contributed by atoms with van der Waals surface area (Å²) < 4.78 is 1.22. The Labute approximate surface area is 128 Å². The number of hydrogen-bond donors (Lipinski definition) is 1. The molecule has 0 bridgehead atoms. The molecule has 0 aliphatic carbocycles. The molecule has 0 amide bonds. The quantitative estimate of drug-likeness (QED) is 0.807. The molecule has 3 heteroatoms. The van der Waals surface area contributed by atoms with E-state index in [-0.39, 0.29) is 0 Å². The Morgan fingerprint density at radius 3 is 2.68 bits per heavy atom. The van der Waals surface area contributed by atoms with Crippen LogP contribution in [0.5, 0.6) is 0 Å². The maximum atomic E-state index is 3.65. The van der Waals surface area contributed by atoms with Crippen molar-refractivity contribution in [3.8, 4) is 0 Å².